The number of aliphatic hydroxyl groups is 1. The van der Waals surface area contributed by atoms with Crippen LogP contribution in [0, 0.1) is 11.7 Å². The zero-order chi connectivity index (χ0) is 14.5. The lowest BCUT2D eigenvalue weighted by Gasteiger charge is -2.28. The lowest BCUT2D eigenvalue weighted by atomic mass is 10.1. The van der Waals surface area contributed by atoms with Gasteiger partial charge in [0, 0.05) is 13.1 Å². The predicted molar refractivity (Wildman–Crippen MR) is 80.4 cm³/mol. The second-order valence-corrected chi connectivity index (χ2v) is 5.94. The van der Waals surface area contributed by atoms with E-state index in [4.69, 9.17) is 0 Å². The summed E-state index contributed by atoms with van der Waals surface area (Å²) in [6.07, 6.45) is 1.95. The fourth-order valence-electron chi connectivity index (χ4n) is 2.84. The molecule has 3 nitrogen and oxygen atoms in total. The van der Waals surface area contributed by atoms with Gasteiger partial charge in [0.1, 0.15) is 5.82 Å². The summed E-state index contributed by atoms with van der Waals surface area (Å²) in [5, 5.41) is 12.8. The van der Waals surface area contributed by atoms with Crippen molar-refractivity contribution in [3.8, 4) is 0 Å². The molecule has 2 N–H and O–H groups in total. The Kier molecular flexibility index (Phi) is 5.38. The quantitative estimate of drug-likeness (QED) is 0.840. The number of benzene rings is 1. The maximum atomic E-state index is 14.2. The summed E-state index contributed by atoms with van der Waals surface area (Å²) >= 11 is 0. The van der Waals surface area contributed by atoms with Crippen molar-refractivity contribution in [2.45, 2.75) is 39.3 Å². The van der Waals surface area contributed by atoms with Gasteiger partial charge in [0.25, 0.3) is 0 Å². The van der Waals surface area contributed by atoms with Crippen LogP contribution in [0.3, 0.4) is 0 Å². The molecule has 1 saturated heterocycles. The largest absolute Gasteiger partial charge is 0.394 e. The summed E-state index contributed by atoms with van der Waals surface area (Å²) < 4.78 is 14.2. The molecule has 1 aliphatic rings. The minimum atomic E-state index is -0.186. The Labute approximate surface area is 120 Å². The van der Waals surface area contributed by atoms with Gasteiger partial charge >= 0.3 is 0 Å². The normalized spacial score (nSPS) is 19.1. The average Bonchev–Trinajstić information content (AvgIpc) is 2.86. The van der Waals surface area contributed by atoms with Gasteiger partial charge in [-0.25, -0.2) is 4.39 Å². The van der Waals surface area contributed by atoms with E-state index < -0.39 is 0 Å². The van der Waals surface area contributed by atoms with E-state index in [9.17, 15) is 9.50 Å². The van der Waals surface area contributed by atoms with Crippen molar-refractivity contribution in [3.05, 3.63) is 29.6 Å². The molecule has 0 radical (unpaired) electrons. The molecular weight excluding hydrogens is 255 g/mol. The smallest absolute Gasteiger partial charge is 0.146 e. The van der Waals surface area contributed by atoms with Crippen LogP contribution >= 0.6 is 0 Å². The topological polar surface area (TPSA) is 35.5 Å². The molecule has 4 heteroatoms. The molecular formula is C16H25FN2O. The number of anilines is 1. The van der Waals surface area contributed by atoms with Crippen LogP contribution < -0.4 is 10.2 Å². The third-order valence-electron chi connectivity index (χ3n) is 3.81. The van der Waals surface area contributed by atoms with Gasteiger partial charge in [-0.3, -0.25) is 0 Å². The molecule has 112 valence electrons. The van der Waals surface area contributed by atoms with Crippen LogP contribution in [0.15, 0.2) is 18.2 Å². The Morgan fingerprint density at radius 3 is 2.95 bits per heavy atom. The standard InChI is InChI=1S/C16H25FN2O/c1-12(2)9-18-10-13-5-3-7-15(17)16(13)19-8-4-6-14(19)11-20/h3,5,7,12,14,18,20H,4,6,8-11H2,1-2H3. The van der Waals surface area contributed by atoms with E-state index in [1.165, 1.54) is 6.07 Å². The molecule has 20 heavy (non-hydrogen) atoms. The van der Waals surface area contributed by atoms with Crippen LogP contribution in [0.2, 0.25) is 0 Å². The van der Waals surface area contributed by atoms with Gasteiger partial charge in [-0.1, -0.05) is 26.0 Å². The first-order chi connectivity index (χ1) is 9.63. The molecule has 0 saturated carbocycles. The van der Waals surface area contributed by atoms with E-state index >= 15 is 0 Å². The van der Waals surface area contributed by atoms with Gasteiger partial charge in [-0.2, -0.15) is 0 Å². The molecule has 2 rings (SSSR count). The summed E-state index contributed by atoms with van der Waals surface area (Å²) in [5.41, 5.74) is 1.64. The lowest BCUT2D eigenvalue weighted by molar-refractivity contribution is 0.266. The minimum Gasteiger partial charge on any atom is -0.394 e. The summed E-state index contributed by atoms with van der Waals surface area (Å²) in [7, 11) is 0. The molecule has 0 aromatic heterocycles. The highest BCUT2D eigenvalue weighted by molar-refractivity contribution is 5.56. The molecule has 1 aromatic carbocycles. The molecule has 0 bridgehead atoms. The number of hydrogen-bond acceptors (Lipinski definition) is 3. The van der Waals surface area contributed by atoms with Gasteiger partial charge in [0.05, 0.1) is 18.3 Å². The van der Waals surface area contributed by atoms with E-state index in [1.807, 2.05) is 11.0 Å². The van der Waals surface area contributed by atoms with Gasteiger partial charge < -0.3 is 15.3 Å². The van der Waals surface area contributed by atoms with E-state index in [1.54, 1.807) is 6.07 Å². The SMILES string of the molecule is CC(C)CNCc1cccc(F)c1N1CCCC1CO. The number of halogens is 1. The average molecular weight is 280 g/mol. The van der Waals surface area contributed by atoms with Gasteiger partial charge in [-0.05, 0) is 36.9 Å². The van der Waals surface area contributed by atoms with Crippen LogP contribution in [0.5, 0.6) is 0 Å². The molecule has 1 heterocycles. The fraction of sp³-hybridized carbons (Fsp3) is 0.625. The minimum absolute atomic E-state index is 0.0516. The number of aliphatic hydroxyl groups excluding tert-OH is 1. The van der Waals surface area contributed by atoms with Crippen LogP contribution in [0.25, 0.3) is 0 Å². The first-order valence-electron chi connectivity index (χ1n) is 7.49. The summed E-state index contributed by atoms with van der Waals surface area (Å²) in [6, 6.07) is 5.29. The number of hydrogen-bond donors (Lipinski definition) is 2. The van der Waals surface area contributed by atoms with Gasteiger partial charge in [0.2, 0.25) is 0 Å². The Bertz CT molecular complexity index is 436. The molecule has 1 fully saturated rings. The van der Waals surface area contributed by atoms with Crippen molar-refractivity contribution in [2.75, 3.05) is 24.6 Å². The summed E-state index contributed by atoms with van der Waals surface area (Å²) in [6.45, 7) is 6.80. The predicted octanol–water partition coefficient (Wildman–Crippen LogP) is 2.53. The second-order valence-electron chi connectivity index (χ2n) is 5.94. The molecule has 0 spiro atoms. The number of para-hydroxylation sites is 1. The van der Waals surface area contributed by atoms with Crippen molar-refractivity contribution in [1.82, 2.24) is 5.32 Å². The second kappa shape index (κ2) is 7.04. The monoisotopic (exact) mass is 280 g/mol. The van der Waals surface area contributed by atoms with Crippen LogP contribution in [-0.2, 0) is 6.54 Å². The van der Waals surface area contributed by atoms with Crippen molar-refractivity contribution in [3.63, 3.8) is 0 Å². The molecule has 0 amide bonds. The Morgan fingerprint density at radius 2 is 2.25 bits per heavy atom. The highest BCUT2D eigenvalue weighted by Gasteiger charge is 2.27. The molecule has 1 aliphatic heterocycles. The number of nitrogens with zero attached hydrogens (tertiary/aromatic N) is 1. The molecule has 1 unspecified atom stereocenters. The van der Waals surface area contributed by atoms with Gasteiger partial charge in [-0.15, -0.1) is 0 Å². The van der Waals surface area contributed by atoms with Crippen LogP contribution in [0.4, 0.5) is 10.1 Å². The summed E-state index contributed by atoms with van der Waals surface area (Å²) in [5.74, 6) is 0.387. The van der Waals surface area contributed by atoms with E-state index in [0.29, 0.717) is 18.2 Å². The van der Waals surface area contributed by atoms with Crippen molar-refractivity contribution < 1.29 is 9.50 Å². The highest BCUT2D eigenvalue weighted by Crippen LogP contribution is 2.31. The van der Waals surface area contributed by atoms with E-state index in [-0.39, 0.29) is 18.5 Å². The molecule has 1 atom stereocenters. The van der Waals surface area contributed by atoms with Crippen LogP contribution in [-0.4, -0.2) is 30.8 Å². The number of nitrogens with one attached hydrogen (secondary N) is 1. The molecule has 0 aliphatic carbocycles. The summed E-state index contributed by atoms with van der Waals surface area (Å²) in [4.78, 5) is 2.03. The highest BCUT2D eigenvalue weighted by atomic mass is 19.1. The van der Waals surface area contributed by atoms with E-state index in [0.717, 1.165) is 31.5 Å². The molecule has 1 aromatic rings. The Balaban J connectivity index is 2.17. The fourth-order valence-corrected chi connectivity index (χ4v) is 2.84. The first-order valence-corrected chi connectivity index (χ1v) is 7.49. The third-order valence-corrected chi connectivity index (χ3v) is 3.81. The van der Waals surface area contributed by atoms with Gasteiger partial charge in [0.15, 0.2) is 0 Å². The zero-order valence-corrected chi connectivity index (χ0v) is 12.4. The zero-order valence-electron chi connectivity index (χ0n) is 12.4. The van der Waals surface area contributed by atoms with E-state index in [2.05, 4.69) is 19.2 Å². The Morgan fingerprint density at radius 1 is 1.45 bits per heavy atom. The van der Waals surface area contributed by atoms with Crippen molar-refractivity contribution in [1.29, 1.82) is 0 Å². The first kappa shape index (κ1) is 15.3. The maximum Gasteiger partial charge on any atom is 0.146 e. The third kappa shape index (κ3) is 3.49. The van der Waals surface area contributed by atoms with Crippen molar-refractivity contribution in [2.24, 2.45) is 5.92 Å². The maximum absolute atomic E-state index is 14.2. The van der Waals surface area contributed by atoms with Crippen LogP contribution in [0.1, 0.15) is 32.3 Å². The Hall–Kier alpha value is -1.13. The van der Waals surface area contributed by atoms with Crippen molar-refractivity contribution >= 4 is 5.69 Å². The lowest BCUT2D eigenvalue weighted by Crippen LogP contribution is -2.34. The number of rotatable bonds is 6.